The van der Waals surface area contributed by atoms with Crippen LogP contribution in [0.2, 0.25) is 0 Å². The molecule has 2 aromatic carbocycles. The van der Waals surface area contributed by atoms with Crippen molar-refractivity contribution < 1.29 is 0 Å². The van der Waals surface area contributed by atoms with Crippen LogP contribution in [0.1, 0.15) is 0 Å². The van der Waals surface area contributed by atoms with Crippen LogP contribution >= 0.6 is 23.6 Å². The zero-order chi connectivity index (χ0) is 16.8. The van der Waals surface area contributed by atoms with Gasteiger partial charge in [-0.05, 0) is 17.8 Å². The van der Waals surface area contributed by atoms with Gasteiger partial charge in [0.2, 0.25) is 0 Å². The molecule has 0 atom stereocenters. The number of thiocarbonyl (C=S) groups is 1. The second-order valence-corrected chi connectivity index (χ2v) is 6.46. The lowest BCUT2D eigenvalue weighted by molar-refractivity contribution is 1.06. The van der Waals surface area contributed by atoms with Gasteiger partial charge in [-0.25, -0.2) is 4.98 Å². The van der Waals surface area contributed by atoms with Gasteiger partial charge in [-0.2, -0.15) is 0 Å². The second kappa shape index (κ2) is 7.86. The highest BCUT2D eigenvalue weighted by atomic mass is 32.1. The predicted molar refractivity (Wildman–Crippen MR) is 107 cm³/mol. The summed E-state index contributed by atoms with van der Waals surface area (Å²) in [6, 6.07) is 20.5. The molecule has 3 rings (SSSR count). The van der Waals surface area contributed by atoms with Crippen molar-refractivity contribution in [2.24, 2.45) is 0 Å². The van der Waals surface area contributed by atoms with Crippen molar-refractivity contribution in [3.8, 4) is 21.7 Å². The van der Waals surface area contributed by atoms with Crippen LogP contribution in [0.3, 0.4) is 0 Å². The first-order chi connectivity index (χ1) is 11.8. The van der Waals surface area contributed by atoms with Crippen LogP contribution in [0.4, 0.5) is 5.13 Å². The molecule has 3 nitrogen and oxygen atoms in total. The third kappa shape index (κ3) is 3.88. The second-order valence-electron chi connectivity index (χ2n) is 5.05. The van der Waals surface area contributed by atoms with E-state index in [1.165, 1.54) is 0 Å². The number of nitrogens with one attached hydrogen (secondary N) is 2. The number of hydrogen-bond donors (Lipinski definition) is 2. The molecule has 2 N–H and O–H groups in total. The third-order valence-corrected chi connectivity index (χ3v) is 4.60. The summed E-state index contributed by atoms with van der Waals surface area (Å²) >= 11 is 6.88. The fourth-order valence-corrected chi connectivity index (χ4v) is 3.50. The lowest BCUT2D eigenvalue weighted by Crippen LogP contribution is -2.28. The van der Waals surface area contributed by atoms with E-state index in [1.807, 2.05) is 36.4 Å². The molecule has 0 aliphatic rings. The topological polar surface area (TPSA) is 37.0 Å². The van der Waals surface area contributed by atoms with Crippen LogP contribution in [0.5, 0.6) is 0 Å². The molecule has 1 heterocycles. The maximum atomic E-state index is 5.28. The molecule has 1 aromatic heterocycles. The summed E-state index contributed by atoms with van der Waals surface area (Å²) < 4.78 is 0. The first-order valence-corrected chi connectivity index (χ1v) is 8.78. The minimum Gasteiger partial charge on any atom is -0.359 e. The monoisotopic (exact) mass is 351 g/mol. The Morgan fingerprint density at radius 2 is 1.67 bits per heavy atom. The van der Waals surface area contributed by atoms with Gasteiger partial charge in [0.05, 0.1) is 10.6 Å². The molecule has 0 aliphatic heterocycles. The minimum atomic E-state index is 0.544. The van der Waals surface area contributed by atoms with Gasteiger partial charge < -0.3 is 10.6 Å². The highest BCUT2D eigenvalue weighted by Crippen LogP contribution is 2.38. The average molecular weight is 352 g/mol. The van der Waals surface area contributed by atoms with Gasteiger partial charge in [0.1, 0.15) is 0 Å². The molecule has 0 radical (unpaired) electrons. The molecule has 0 saturated heterocycles. The molecule has 0 saturated carbocycles. The van der Waals surface area contributed by atoms with Crippen molar-refractivity contribution in [1.82, 2.24) is 10.3 Å². The Labute approximate surface area is 151 Å². The summed E-state index contributed by atoms with van der Waals surface area (Å²) in [6.07, 6.45) is 1.76. The van der Waals surface area contributed by atoms with E-state index in [9.17, 15) is 0 Å². The van der Waals surface area contributed by atoms with Gasteiger partial charge in [-0.3, -0.25) is 0 Å². The van der Waals surface area contributed by atoms with Crippen LogP contribution in [0.25, 0.3) is 21.7 Å². The molecule has 0 spiro atoms. The Balaban J connectivity index is 1.97. The zero-order valence-corrected chi connectivity index (χ0v) is 14.7. The molecule has 0 unspecified atom stereocenters. The first-order valence-electron chi connectivity index (χ1n) is 7.55. The molecule has 3 aromatic rings. The van der Waals surface area contributed by atoms with E-state index in [-0.39, 0.29) is 0 Å². The van der Waals surface area contributed by atoms with Crippen molar-refractivity contribution in [2.75, 3.05) is 11.9 Å². The van der Waals surface area contributed by atoms with Gasteiger partial charge in [0.25, 0.3) is 0 Å². The fourth-order valence-electron chi connectivity index (χ4n) is 2.26. The van der Waals surface area contributed by atoms with E-state index in [1.54, 1.807) is 17.4 Å². The summed E-state index contributed by atoms with van der Waals surface area (Å²) in [5, 5.41) is 7.53. The van der Waals surface area contributed by atoms with E-state index < -0.39 is 0 Å². The van der Waals surface area contributed by atoms with E-state index in [2.05, 4.69) is 41.5 Å². The molecule has 0 amide bonds. The maximum absolute atomic E-state index is 5.28. The summed E-state index contributed by atoms with van der Waals surface area (Å²) in [4.78, 5) is 5.88. The van der Waals surface area contributed by atoms with Crippen LogP contribution in [0.15, 0.2) is 73.3 Å². The van der Waals surface area contributed by atoms with E-state index in [4.69, 9.17) is 17.2 Å². The molecular formula is C19H17N3S2. The lowest BCUT2D eigenvalue weighted by Gasteiger charge is -2.04. The third-order valence-electron chi connectivity index (χ3n) is 3.34. The first kappa shape index (κ1) is 16.4. The van der Waals surface area contributed by atoms with Gasteiger partial charge >= 0.3 is 0 Å². The number of rotatable bonds is 5. The Kier molecular flexibility index (Phi) is 5.36. The SMILES string of the molecule is C=CCNC(=S)Nc1nc(-c2ccccc2)c(-c2ccccc2)s1. The Hall–Kier alpha value is -2.50. The summed E-state index contributed by atoms with van der Waals surface area (Å²) in [7, 11) is 0. The van der Waals surface area contributed by atoms with E-state index in [0.29, 0.717) is 11.7 Å². The molecule has 5 heteroatoms. The standard InChI is InChI=1S/C19H17N3S2/c1-2-13-20-18(23)22-19-21-16(14-9-5-3-6-10-14)17(24-19)15-11-7-4-8-12-15/h2-12H,1,13H2,(H2,20,21,22,23). The average Bonchev–Trinajstić information content (AvgIpc) is 3.05. The van der Waals surface area contributed by atoms with Gasteiger partial charge in [-0.15, -0.1) is 6.58 Å². The quantitative estimate of drug-likeness (QED) is 0.504. The maximum Gasteiger partial charge on any atom is 0.190 e. The van der Waals surface area contributed by atoms with E-state index in [0.717, 1.165) is 26.8 Å². The van der Waals surface area contributed by atoms with Crippen molar-refractivity contribution in [3.63, 3.8) is 0 Å². The van der Waals surface area contributed by atoms with Crippen LogP contribution in [-0.2, 0) is 0 Å². The van der Waals surface area contributed by atoms with Crippen molar-refractivity contribution in [1.29, 1.82) is 0 Å². The molecule has 0 bridgehead atoms. The van der Waals surface area contributed by atoms with Crippen LogP contribution in [-0.4, -0.2) is 16.6 Å². The molecule has 120 valence electrons. The Morgan fingerprint density at radius 3 is 2.29 bits per heavy atom. The van der Waals surface area contributed by atoms with Crippen molar-refractivity contribution >= 4 is 33.8 Å². The number of thiazole rings is 1. The number of anilines is 1. The van der Waals surface area contributed by atoms with Gasteiger partial charge in [0.15, 0.2) is 10.2 Å². The predicted octanol–water partition coefficient (Wildman–Crippen LogP) is 4.95. The summed E-state index contributed by atoms with van der Waals surface area (Å²) in [6.45, 7) is 4.29. The highest BCUT2D eigenvalue weighted by molar-refractivity contribution is 7.80. The van der Waals surface area contributed by atoms with E-state index >= 15 is 0 Å². The number of aromatic nitrogens is 1. The lowest BCUT2D eigenvalue weighted by atomic mass is 10.1. The zero-order valence-electron chi connectivity index (χ0n) is 13.0. The highest BCUT2D eigenvalue weighted by Gasteiger charge is 2.15. The van der Waals surface area contributed by atoms with Gasteiger partial charge in [0, 0.05) is 12.1 Å². The number of nitrogens with zero attached hydrogens (tertiary/aromatic N) is 1. The van der Waals surface area contributed by atoms with Crippen LogP contribution in [0, 0.1) is 0 Å². The molecule has 0 fully saturated rings. The minimum absolute atomic E-state index is 0.544. The normalized spacial score (nSPS) is 10.2. The Morgan fingerprint density at radius 1 is 1.04 bits per heavy atom. The van der Waals surface area contributed by atoms with Crippen molar-refractivity contribution in [3.05, 3.63) is 73.3 Å². The largest absolute Gasteiger partial charge is 0.359 e. The summed E-state index contributed by atoms with van der Waals surface area (Å²) in [5.41, 5.74) is 3.19. The number of hydrogen-bond acceptors (Lipinski definition) is 3. The van der Waals surface area contributed by atoms with Crippen molar-refractivity contribution in [2.45, 2.75) is 0 Å². The Bertz CT molecular complexity index is 769. The molecule has 24 heavy (non-hydrogen) atoms. The van der Waals surface area contributed by atoms with Gasteiger partial charge in [-0.1, -0.05) is 78.1 Å². The number of benzene rings is 2. The summed E-state index contributed by atoms with van der Waals surface area (Å²) in [5.74, 6) is 0. The molecule has 0 aliphatic carbocycles. The fraction of sp³-hybridized carbons (Fsp3) is 0.0526. The smallest absolute Gasteiger partial charge is 0.190 e. The van der Waals surface area contributed by atoms with Crippen LogP contribution < -0.4 is 10.6 Å². The molecular weight excluding hydrogens is 334 g/mol.